The van der Waals surface area contributed by atoms with Gasteiger partial charge in [-0.25, -0.2) is 29.2 Å². The summed E-state index contributed by atoms with van der Waals surface area (Å²) in [6.45, 7) is 0. The molecule has 0 radical (unpaired) electrons. The highest BCUT2D eigenvalue weighted by Crippen LogP contribution is 2.41. The number of urea groups is 1. The van der Waals surface area contributed by atoms with Crippen molar-refractivity contribution in [2.45, 2.75) is 340 Å². The van der Waals surface area contributed by atoms with Crippen LogP contribution in [-0.2, 0) is 94.4 Å². The molecule has 0 aromatic rings. The first-order valence-corrected chi connectivity index (χ1v) is 51.2. The molecule has 10 unspecified atom stereocenters. The van der Waals surface area contributed by atoms with E-state index in [1.807, 2.05) is 35.3 Å². The molecule has 14 aliphatic heterocycles. The summed E-state index contributed by atoms with van der Waals surface area (Å²) in [4.78, 5) is 137. The molecule has 38 nitrogen and oxygen atoms in total. The molecule has 694 valence electrons. The third-order valence-electron chi connectivity index (χ3n) is 23.0. The van der Waals surface area contributed by atoms with Gasteiger partial charge >= 0.3 is 66.2 Å². The van der Waals surface area contributed by atoms with E-state index in [9.17, 15) is 70.2 Å². The van der Waals surface area contributed by atoms with Crippen LogP contribution in [0.25, 0.3) is 0 Å². The van der Waals surface area contributed by atoms with Gasteiger partial charge < -0.3 is 108 Å². The lowest BCUT2D eigenvalue weighted by molar-refractivity contribution is -0.138. The predicted molar refractivity (Wildman–Crippen MR) is 469 cm³/mol. The Morgan fingerprint density at radius 3 is 1.33 bits per heavy atom. The predicted octanol–water partition coefficient (Wildman–Crippen LogP) is 6.04. The smallest absolute Gasteiger partial charge is 0.481 e. The fourth-order valence-electron chi connectivity index (χ4n) is 16.9. The Bertz CT molecular complexity index is 3550. The van der Waals surface area contributed by atoms with Crippen LogP contribution in [0.5, 0.6) is 0 Å². The Balaban J connectivity index is 0.000000179. The molecule has 3 amide bonds. The van der Waals surface area contributed by atoms with Crippen LogP contribution in [0.1, 0.15) is 218 Å². The number of carboxylic acid groups (broad SMARTS) is 7. The van der Waals surface area contributed by atoms with Crippen molar-refractivity contribution in [2.24, 2.45) is 21.5 Å². The second-order valence-electron chi connectivity index (χ2n) is 32.3. The molecule has 0 aromatic carbocycles. The first kappa shape index (κ1) is 102. The SMILES string of the molecule is NC1=N[C@H]2C(CS(=O)[C@H]2CCCCC(=O)O)N1.NC1=N[C@H]2C(CS[C@H]2CCCCC(=O)CCCCCCC(=O)O)N1.O=C(O)CCCC[C@@H]1SCC2NC(=O)O[C@@H]21.O=C(O)CCCC[C@@H]1SCC2NC(=S)N[C@@H]21.O=C(O)CCCC[C@@H]1SCC2OC(=O)O[C@@H]21.O=C(O)CCCC[C@H]1[C@H]2NC(=O)NC2CS1=O.O=C(O)CCCC[C@H]1[C@H]2OC(=O)OC2CS1=O. The minimum Gasteiger partial charge on any atom is -0.481 e. The van der Waals surface area contributed by atoms with Gasteiger partial charge in [0.05, 0.1) is 75.9 Å². The van der Waals surface area contributed by atoms with Crippen molar-refractivity contribution < 1.29 is 130 Å². The van der Waals surface area contributed by atoms with Gasteiger partial charge in [0.1, 0.15) is 11.9 Å². The maximum Gasteiger partial charge on any atom is 0.509 e. The van der Waals surface area contributed by atoms with E-state index in [1.54, 1.807) is 11.8 Å². The van der Waals surface area contributed by atoms with Crippen molar-refractivity contribution in [3.05, 3.63) is 0 Å². The highest BCUT2D eigenvalue weighted by molar-refractivity contribution is 8.01. The summed E-state index contributed by atoms with van der Waals surface area (Å²) in [5.41, 5.74) is 11.3. The zero-order valence-corrected chi connectivity index (χ0v) is 75.3. The second-order valence-corrected chi connectivity index (χ2v) is 42.9. The van der Waals surface area contributed by atoms with Crippen molar-refractivity contribution in [3.63, 3.8) is 0 Å². The molecule has 14 rings (SSSR count). The third-order valence-corrected chi connectivity index (χ3v) is 34.8. The van der Waals surface area contributed by atoms with Crippen LogP contribution < -0.4 is 48.7 Å². The average molecular weight is 1890 g/mol. The average Bonchev–Trinajstić information content (AvgIpc) is 1.64. The summed E-state index contributed by atoms with van der Waals surface area (Å²) < 4.78 is 60.5. The summed E-state index contributed by atoms with van der Waals surface area (Å²) in [6.07, 6.45) is 20.5. The number of Topliss-reactive ketones (excluding diaryl/α,β-unsaturated/α-hetero) is 1. The molecular weight excluding hydrogens is 1770 g/mol. The van der Waals surface area contributed by atoms with E-state index in [0.717, 1.165) is 131 Å². The third kappa shape index (κ3) is 34.3. The summed E-state index contributed by atoms with van der Waals surface area (Å²) in [6, 6.07) is 1.67. The number of hydrogen-bond acceptors (Lipinski definition) is 31. The van der Waals surface area contributed by atoms with Crippen LogP contribution in [0, 0.1) is 0 Å². The van der Waals surface area contributed by atoms with Crippen molar-refractivity contribution in [1.82, 2.24) is 37.2 Å². The Morgan fingerprint density at radius 1 is 0.358 bits per heavy atom. The molecule has 0 spiro atoms. The van der Waals surface area contributed by atoms with Crippen LogP contribution in [0.15, 0.2) is 9.98 Å². The van der Waals surface area contributed by atoms with Crippen LogP contribution in [0.4, 0.5) is 19.2 Å². The maximum absolute atomic E-state index is 11.9. The Kier molecular flexibility index (Phi) is 43.3. The van der Waals surface area contributed by atoms with Crippen molar-refractivity contribution in [1.29, 1.82) is 0 Å². The van der Waals surface area contributed by atoms with E-state index < -0.39 is 92.6 Å². The second kappa shape index (κ2) is 52.4. The lowest BCUT2D eigenvalue weighted by Crippen LogP contribution is -2.38. The van der Waals surface area contributed by atoms with E-state index in [2.05, 4.69) is 47.2 Å². The number of fused-ring (bicyclic) bond motifs is 7. The van der Waals surface area contributed by atoms with Gasteiger partial charge in [-0.1, -0.05) is 57.8 Å². The molecule has 12 fully saturated rings. The number of aliphatic imine (C=N–C) groups is 2. The largest absolute Gasteiger partial charge is 0.509 e. The fourth-order valence-corrected chi connectivity index (χ4v) is 28.7. The molecule has 18 N–H and O–H groups in total. The summed E-state index contributed by atoms with van der Waals surface area (Å²) in [5, 5.41) is 83.0. The number of ether oxygens (including phenoxy) is 5. The van der Waals surface area contributed by atoms with E-state index in [-0.39, 0.29) is 133 Å². The first-order chi connectivity index (χ1) is 58.8. The normalized spacial score (nSPS) is 32.0. The molecule has 0 aromatic heterocycles. The monoisotopic (exact) mass is 1890 g/mol. The topological polar surface area (TPSA) is 605 Å². The molecule has 24 atom stereocenters. The van der Waals surface area contributed by atoms with Crippen molar-refractivity contribution in [2.75, 3.05) is 40.3 Å². The number of carbonyl (C=O) groups is 12. The number of hydrogen-bond donors (Lipinski definition) is 16. The molecule has 123 heavy (non-hydrogen) atoms. The van der Waals surface area contributed by atoms with Gasteiger partial charge in [0.25, 0.3) is 0 Å². The van der Waals surface area contributed by atoms with Crippen LogP contribution in [0.3, 0.4) is 0 Å². The maximum atomic E-state index is 11.9. The van der Waals surface area contributed by atoms with Crippen LogP contribution >= 0.6 is 59.3 Å². The number of nitrogens with two attached hydrogens (primary N) is 2. The number of unbranched alkanes of at least 4 members (excludes halogenated alkanes) is 10. The van der Waals surface area contributed by atoms with Gasteiger partial charge in [0.15, 0.2) is 41.4 Å². The number of aliphatic carboxylic acids is 7. The van der Waals surface area contributed by atoms with Gasteiger partial charge in [0.2, 0.25) is 0 Å². The molecule has 0 aliphatic carbocycles. The Labute approximate surface area is 744 Å². The molecule has 14 aliphatic rings. The highest BCUT2D eigenvalue weighted by Gasteiger charge is 2.53. The number of guanidine groups is 2. The number of nitrogens with one attached hydrogen (secondary N) is 7. The quantitative estimate of drug-likeness (QED) is 0.0109. The Hall–Kier alpha value is -6.88. The van der Waals surface area contributed by atoms with E-state index in [0.29, 0.717) is 146 Å². The van der Waals surface area contributed by atoms with E-state index >= 15 is 0 Å². The van der Waals surface area contributed by atoms with Crippen LogP contribution in [0.2, 0.25) is 0 Å². The number of alkyl carbamates (subject to hydrolysis) is 1. The Morgan fingerprint density at radius 2 is 0.764 bits per heavy atom. The zero-order valence-electron chi connectivity index (χ0n) is 68.7. The number of carboxylic acids is 7. The number of carbonyl (C=O) groups excluding carboxylic acids is 5. The molecule has 46 heteroatoms. The first-order valence-electron chi connectivity index (χ1n) is 42.5. The van der Waals surface area contributed by atoms with Gasteiger partial charge in [-0.15, -0.1) is 0 Å². The van der Waals surface area contributed by atoms with Crippen molar-refractivity contribution in [3.8, 4) is 0 Å². The minimum absolute atomic E-state index is 0.0117. The van der Waals surface area contributed by atoms with Gasteiger partial charge in [-0.3, -0.25) is 51.0 Å². The number of thiocarbonyl (C=S) groups is 1. The minimum atomic E-state index is -1.05. The lowest BCUT2D eigenvalue weighted by Gasteiger charge is -2.16. The summed E-state index contributed by atoms with van der Waals surface area (Å²) >= 11 is 12.6. The van der Waals surface area contributed by atoms with Gasteiger partial charge in [0, 0.05) is 146 Å². The summed E-state index contributed by atoms with van der Waals surface area (Å²) in [5.74, 6) is 1.32. The number of rotatable bonds is 42. The van der Waals surface area contributed by atoms with E-state index in [4.69, 9.17) is 83.1 Å². The molecule has 0 bridgehead atoms. The fraction of sp³-hybridized carbons (Fsp3) is 0.805. The van der Waals surface area contributed by atoms with Crippen LogP contribution in [-0.4, -0.2) is 299 Å². The van der Waals surface area contributed by atoms with Gasteiger partial charge in [-0.2, -0.15) is 47.0 Å². The van der Waals surface area contributed by atoms with Gasteiger partial charge in [-0.05, 0) is 115 Å². The number of ketones is 1. The van der Waals surface area contributed by atoms with E-state index in [1.165, 1.54) is 0 Å². The molecule has 14 heterocycles. The lowest BCUT2D eigenvalue weighted by atomic mass is 10.0. The number of nitrogens with zero attached hydrogens (tertiary/aromatic N) is 2. The molecular formula is C77H121N11O27S8. The molecule has 12 saturated heterocycles. The van der Waals surface area contributed by atoms with Crippen molar-refractivity contribution >= 4 is 181 Å². The standard InChI is InChI=1S/C17H29N3O3S.C10H17N3O3S.C10H16N2O4S.C10H16N2O2S2.C10H15NO4S.C10H14O6S.C10H14O5S/c18-17-19-13-11-24-14(16(13)20-17)9-6-5-8-12(21)7-3-1-2-4-10-15(22)23;11-10-12-6-5-17(16)7(9(6)13-10)3-1-2-4-8(14)15;13-8(14)4-2-1-3-7-9-6(5-17(7)16)11-10(15)12-9;13-8(14)4-2-1-3-7-9-6(5-16-7)11-10(15)12-9;12-8(13)4-2-1-3-7-9-6(5-16-7)11-10(14)15-9;11-8(12)4-2-1-3-7-9-6(5-17(7)14)15-10(13)16-9;11-8(12)4-2-1-3-7-9-6(5-16-7)14-10(13)15-9/h13-14,16H,1-11H2,(H,22,23)(H3,18,19,20);6-7,9H,1-5H2,(H,14,15)(H3,11,12,13);6-7,9H,1-5H2,(H,13,14)(H2,11,12,15);6-7,9H,1-5H2,(H,13,14)(H2,11,12,15);6-7,9H,1-5H2,(H,11,14)(H,12,13);6-7,9H,1-5H2,(H,11,12);6-7,9H,1-5H2,(H,11,12)/t13?,14-,16-;2*6?,7-,9-,17?;2*6?,7-,9-;6?,7-,9-,17?;6?,7-,9-/m0000000/s1. The zero-order chi connectivity index (χ0) is 89.2. The molecule has 0 saturated carbocycles. The highest BCUT2D eigenvalue weighted by atomic mass is 32.2. The number of thioether (sulfide) groups is 4. The summed E-state index contributed by atoms with van der Waals surface area (Å²) in [7, 11) is -2.84. The number of amides is 3.